The highest BCUT2D eigenvalue weighted by Crippen LogP contribution is 2.34. The summed E-state index contributed by atoms with van der Waals surface area (Å²) in [6.07, 6.45) is 2.38. The van der Waals surface area contributed by atoms with E-state index in [4.69, 9.17) is 21.3 Å². The highest BCUT2D eigenvalue weighted by atomic mass is 35.5. The molecule has 1 atom stereocenters. The van der Waals surface area contributed by atoms with Crippen LogP contribution in [0.3, 0.4) is 0 Å². The molecule has 1 fully saturated rings. The predicted octanol–water partition coefficient (Wildman–Crippen LogP) is 6.69. The number of hydrogen-bond acceptors (Lipinski definition) is 3. The van der Waals surface area contributed by atoms with Crippen molar-refractivity contribution in [1.82, 2.24) is 9.55 Å². The van der Waals surface area contributed by atoms with Crippen LogP contribution in [0.25, 0.3) is 11.0 Å². The molecule has 1 aliphatic heterocycles. The molecule has 0 N–H and O–H groups in total. The van der Waals surface area contributed by atoms with Crippen molar-refractivity contribution < 1.29 is 9.53 Å². The van der Waals surface area contributed by atoms with Crippen LogP contribution in [-0.4, -0.2) is 28.6 Å². The zero-order chi connectivity index (χ0) is 24.4. The summed E-state index contributed by atoms with van der Waals surface area (Å²) in [5.41, 5.74) is 5.40. The van der Waals surface area contributed by atoms with Crippen molar-refractivity contribution in [3.8, 4) is 5.75 Å². The fraction of sp³-hybridized carbons (Fsp3) is 0.310. The molecule has 0 bridgehead atoms. The maximum Gasteiger partial charge on any atom is 0.227 e. The van der Waals surface area contributed by atoms with Crippen LogP contribution in [0.2, 0.25) is 5.02 Å². The van der Waals surface area contributed by atoms with Crippen molar-refractivity contribution in [2.24, 2.45) is 0 Å². The molecule has 5 rings (SSSR count). The van der Waals surface area contributed by atoms with Gasteiger partial charge in [0.2, 0.25) is 5.91 Å². The van der Waals surface area contributed by atoms with Crippen LogP contribution >= 0.6 is 11.6 Å². The summed E-state index contributed by atoms with van der Waals surface area (Å²) in [5.74, 6) is 2.12. The number of fused-ring (bicyclic) bond motifs is 1. The summed E-state index contributed by atoms with van der Waals surface area (Å²) < 4.78 is 8.33. The third-order valence-electron chi connectivity index (χ3n) is 6.68. The molecule has 1 amide bonds. The first kappa shape index (κ1) is 23.4. The third kappa shape index (κ3) is 5.06. The summed E-state index contributed by atoms with van der Waals surface area (Å²) in [6, 6.07) is 22.0. The molecule has 5 nitrogen and oxygen atoms in total. The van der Waals surface area contributed by atoms with E-state index in [9.17, 15) is 4.79 Å². The van der Waals surface area contributed by atoms with Crippen LogP contribution in [0.15, 0.2) is 66.7 Å². The molecule has 0 radical (unpaired) electrons. The van der Waals surface area contributed by atoms with Gasteiger partial charge in [-0.05, 0) is 74.7 Å². The zero-order valence-electron chi connectivity index (χ0n) is 20.2. The molecule has 0 saturated carbocycles. The average Bonchev–Trinajstić information content (AvgIpc) is 3.41. The lowest BCUT2D eigenvalue weighted by Crippen LogP contribution is -2.24. The number of carbonyl (C=O) groups excluding carboxylic acids is 1. The molecule has 6 heteroatoms. The van der Waals surface area contributed by atoms with Crippen LogP contribution in [0.1, 0.15) is 42.1 Å². The molecule has 1 aromatic heterocycles. The number of imidazole rings is 1. The first-order valence-corrected chi connectivity index (χ1v) is 12.6. The van der Waals surface area contributed by atoms with E-state index >= 15 is 0 Å². The van der Waals surface area contributed by atoms with E-state index in [0.29, 0.717) is 24.6 Å². The second-order valence-electron chi connectivity index (χ2n) is 9.32. The Morgan fingerprint density at radius 3 is 2.63 bits per heavy atom. The highest BCUT2D eigenvalue weighted by molar-refractivity contribution is 6.30. The van der Waals surface area contributed by atoms with Gasteiger partial charge in [-0.25, -0.2) is 4.98 Å². The van der Waals surface area contributed by atoms with E-state index in [-0.39, 0.29) is 11.8 Å². The van der Waals surface area contributed by atoms with Crippen molar-refractivity contribution in [3.05, 3.63) is 88.7 Å². The van der Waals surface area contributed by atoms with Gasteiger partial charge in [-0.1, -0.05) is 41.4 Å². The topological polar surface area (TPSA) is 47.4 Å². The van der Waals surface area contributed by atoms with Gasteiger partial charge in [-0.15, -0.1) is 0 Å². The standard InChI is InChI=1S/C29H30ClN3O2/c1-20-9-14-27(21(2)17-20)35-16-6-5-15-32-26-8-4-3-7-25(26)31-29(32)22-18-28(34)33(19-22)24-12-10-23(30)11-13-24/h3-4,7-14,17,22H,5-6,15-16,18-19H2,1-2H3. The Hall–Kier alpha value is -3.31. The lowest BCUT2D eigenvalue weighted by Gasteiger charge is -2.17. The summed E-state index contributed by atoms with van der Waals surface area (Å²) in [4.78, 5) is 19.7. The molecule has 1 unspecified atom stereocenters. The zero-order valence-corrected chi connectivity index (χ0v) is 21.0. The number of hydrogen-bond donors (Lipinski definition) is 0. The third-order valence-corrected chi connectivity index (χ3v) is 6.93. The number of unbranched alkanes of at least 4 members (excludes halogenated alkanes) is 1. The van der Waals surface area contributed by atoms with E-state index in [1.54, 1.807) is 0 Å². The lowest BCUT2D eigenvalue weighted by atomic mass is 10.1. The fourth-order valence-corrected chi connectivity index (χ4v) is 5.03. The van der Waals surface area contributed by atoms with Crippen LogP contribution in [0, 0.1) is 13.8 Å². The van der Waals surface area contributed by atoms with Gasteiger partial charge in [0.25, 0.3) is 0 Å². The average molecular weight is 488 g/mol. The van der Waals surface area contributed by atoms with Gasteiger partial charge in [0.1, 0.15) is 11.6 Å². The molecule has 35 heavy (non-hydrogen) atoms. The molecule has 180 valence electrons. The Kier molecular flexibility index (Phi) is 6.78. The second-order valence-corrected chi connectivity index (χ2v) is 9.75. The smallest absolute Gasteiger partial charge is 0.227 e. The van der Waals surface area contributed by atoms with Gasteiger partial charge in [-0.2, -0.15) is 0 Å². The Labute approximate surface area is 211 Å². The number of para-hydroxylation sites is 2. The highest BCUT2D eigenvalue weighted by Gasteiger charge is 2.34. The van der Waals surface area contributed by atoms with Crippen molar-refractivity contribution in [2.75, 3.05) is 18.1 Å². The second kappa shape index (κ2) is 10.1. The molecule has 0 spiro atoms. The SMILES string of the molecule is Cc1ccc(OCCCCn2c(C3CC(=O)N(c4ccc(Cl)cc4)C3)nc3ccccc32)c(C)c1. The number of anilines is 1. The molecule has 4 aromatic rings. The van der Waals surface area contributed by atoms with E-state index in [2.05, 4.69) is 42.7 Å². The number of aryl methyl sites for hydroxylation is 3. The van der Waals surface area contributed by atoms with Gasteiger partial charge >= 0.3 is 0 Å². The Balaban J connectivity index is 1.28. The van der Waals surface area contributed by atoms with Gasteiger partial charge in [-0.3, -0.25) is 4.79 Å². The monoisotopic (exact) mass is 487 g/mol. The van der Waals surface area contributed by atoms with Crippen LogP contribution in [-0.2, 0) is 11.3 Å². The normalized spacial score (nSPS) is 15.8. The summed E-state index contributed by atoms with van der Waals surface area (Å²) in [7, 11) is 0. The number of carbonyl (C=O) groups is 1. The first-order valence-electron chi connectivity index (χ1n) is 12.2. The quantitative estimate of drug-likeness (QED) is 0.260. The van der Waals surface area contributed by atoms with Crippen LogP contribution in [0.5, 0.6) is 5.75 Å². The number of benzene rings is 3. The summed E-state index contributed by atoms with van der Waals surface area (Å²) >= 11 is 6.04. The Bertz CT molecular complexity index is 1350. The Morgan fingerprint density at radius 2 is 1.83 bits per heavy atom. The van der Waals surface area contributed by atoms with E-state index in [1.165, 1.54) is 11.1 Å². The Morgan fingerprint density at radius 1 is 1.03 bits per heavy atom. The number of ether oxygens (including phenoxy) is 1. The molecule has 2 heterocycles. The minimum absolute atomic E-state index is 0.0528. The number of halogens is 1. The largest absolute Gasteiger partial charge is 0.493 e. The van der Waals surface area contributed by atoms with Gasteiger partial charge in [0, 0.05) is 36.1 Å². The number of amides is 1. The van der Waals surface area contributed by atoms with Crippen LogP contribution in [0.4, 0.5) is 5.69 Å². The summed E-state index contributed by atoms with van der Waals surface area (Å²) in [5, 5.41) is 0.667. The van der Waals surface area contributed by atoms with Gasteiger partial charge in [0.05, 0.1) is 17.6 Å². The molecule has 3 aromatic carbocycles. The predicted molar refractivity (Wildman–Crippen MR) is 142 cm³/mol. The molecular formula is C29H30ClN3O2. The van der Waals surface area contributed by atoms with E-state index in [0.717, 1.165) is 47.7 Å². The molecular weight excluding hydrogens is 458 g/mol. The van der Waals surface area contributed by atoms with Gasteiger partial charge < -0.3 is 14.2 Å². The van der Waals surface area contributed by atoms with Crippen molar-refractivity contribution >= 4 is 34.2 Å². The fourth-order valence-electron chi connectivity index (χ4n) is 4.91. The molecule has 1 saturated heterocycles. The van der Waals surface area contributed by atoms with Crippen molar-refractivity contribution in [2.45, 2.75) is 45.6 Å². The van der Waals surface area contributed by atoms with Crippen molar-refractivity contribution in [1.29, 1.82) is 0 Å². The molecule has 0 aliphatic carbocycles. The van der Waals surface area contributed by atoms with Gasteiger partial charge in [0.15, 0.2) is 0 Å². The number of rotatable bonds is 8. The first-order chi connectivity index (χ1) is 17.0. The number of aromatic nitrogens is 2. The van der Waals surface area contributed by atoms with E-state index in [1.807, 2.05) is 47.4 Å². The minimum atomic E-state index is 0.0528. The summed E-state index contributed by atoms with van der Waals surface area (Å²) in [6.45, 7) is 6.33. The number of nitrogens with zero attached hydrogens (tertiary/aromatic N) is 3. The molecule has 1 aliphatic rings. The maximum atomic E-state index is 12.9. The minimum Gasteiger partial charge on any atom is -0.493 e. The maximum absolute atomic E-state index is 12.9. The van der Waals surface area contributed by atoms with Crippen LogP contribution < -0.4 is 9.64 Å². The van der Waals surface area contributed by atoms with Crippen molar-refractivity contribution in [3.63, 3.8) is 0 Å². The lowest BCUT2D eigenvalue weighted by molar-refractivity contribution is -0.117. The van der Waals surface area contributed by atoms with E-state index < -0.39 is 0 Å².